The summed E-state index contributed by atoms with van der Waals surface area (Å²) in [7, 11) is 0. The number of fused-ring (bicyclic) bond motifs is 1. The topological polar surface area (TPSA) is 89.4 Å². The minimum Gasteiger partial charge on any atom is -0.493 e. The van der Waals surface area contributed by atoms with Gasteiger partial charge in [-0.2, -0.15) is 5.10 Å². The first kappa shape index (κ1) is 22.5. The molecular weight excluding hydrogens is 418 g/mol. The molecule has 8 heteroatoms. The molecular formula is C25H29N5O3. The van der Waals surface area contributed by atoms with E-state index in [9.17, 15) is 9.59 Å². The average molecular weight is 448 g/mol. The van der Waals surface area contributed by atoms with Crippen molar-refractivity contribution in [2.24, 2.45) is 0 Å². The standard InChI is InChI=1S/C25H29N5O3/c1-18-8-12-30(28-18)17-25(32)29-11-9-22-20(16-29)14-26-19(2)23(22)15-27-24(31)10-13-33-21-6-4-3-5-7-21/h3-8,12,14H,9-11,13,15-17H2,1-2H3,(H,27,31). The number of carbonyl (C=O) groups is 2. The van der Waals surface area contributed by atoms with Crippen LogP contribution in [0.15, 0.2) is 48.8 Å². The van der Waals surface area contributed by atoms with E-state index in [2.05, 4.69) is 15.4 Å². The Bertz CT molecular complexity index is 1130. The summed E-state index contributed by atoms with van der Waals surface area (Å²) < 4.78 is 7.27. The first-order chi connectivity index (χ1) is 16.0. The van der Waals surface area contributed by atoms with Gasteiger partial charge in [-0.15, -0.1) is 0 Å². The molecule has 0 spiro atoms. The van der Waals surface area contributed by atoms with Crippen molar-refractivity contribution in [2.45, 2.75) is 46.3 Å². The van der Waals surface area contributed by atoms with Gasteiger partial charge in [-0.05, 0) is 55.2 Å². The van der Waals surface area contributed by atoms with Crippen LogP contribution < -0.4 is 10.1 Å². The molecule has 2 amide bonds. The average Bonchev–Trinajstić information content (AvgIpc) is 3.23. The molecule has 0 unspecified atom stereocenters. The highest BCUT2D eigenvalue weighted by molar-refractivity contribution is 5.77. The van der Waals surface area contributed by atoms with Crippen LogP contribution in [0.4, 0.5) is 0 Å². The van der Waals surface area contributed by atoms with Crippen molar-refractivity contribution in [3.05, 3.63) is 76.9 Å². The van der Waals surface area contributed by atoms with Crippen LogP contribution in [0, 0.1) is 13.8 Å². The zero-order chi connectivity index (χ0) is 23.2. The maximum atomic E-state index is 12.7. The predicted octanol–water partition coefficient (Wildman–Crippen LogP) is 2.57. The molecule has 0 bridgehead atoms. The van der Waals surface area contributed by atoms with E-state index < -0.39 is 0 Å². The zero-order valence-electron chi connectivity index (χ0n) is 19.1. The summed E-state index contributed by atoms with van der Waals surface area (Å²) in [6.07, 6.45) is 4.69. The van der Waals surface area contributed by atoms with Gasteiger partial charge in [0.1, 0.15) is 12.3 Å². The molecule has 1 N–H and O–H groups in total. The van der Waals surface area contributed by atoms with Crippen molar-refractivity contribution in [3.8, 4) is 5.75 Å². The summed E-state index contributed by atoms with van der Waals surface area (Å²) in [5, 5.41) is 7.30. The Balaban J connectivity index is 1.32. The van der Waals surface area contributed by atoms with E-state index in [-0.39, 0.29) is 24.8 Å². The van der Waals surface area contributed by atoms with Crippen LogP contribution >= 0.6 is 0 Å². The second-order valence-corrected chi connectivity index (χ2v) is 8.23. The number of nitrogens with zero attached hydrogens (tertiary/aromatic N) is 4. The first-order valence-corrected chi connectivity index (χ1v) is 11.2. The third-order valence-electron chi connectivity index (χ3n) is 5.82. The van der Waals surface area contributed by atoms with Crippen LogP contribution in [-0.4, -0.2) is 44.6 Å². The molecule has 0 saturated carbocycles. The Hall–Kier alpha value is -3.68. The fraction of sp³-hybridized carbons (Fsp3) is 0.360. The van der Waals surface area contributed by atoms with Crippen LogP contribution in [0.25, 0.3) is 0 Å². The number of hydrogen-bond donors (Lipinski definition) is 1. The molecule has 3 aromatic rings. The van der Waals surface area contributed by atoms with Crippen molar-refractivity contribution < 1.29 is 14.3 Å². The minimum atomic E-state index is -0.0648. The van der Waals surface area contributed by atoms with E-state index in [0.29, 0.717) is 26.2 Å². The normalized spacial score (nSPS) is 12.8. The molecule has 2 aromatic heterocycles. The third kappa shape index (κ3) is 5.77. The molecule has 1 aliphatic rings. The van der Waals surface area contributed by atoms with Gasteiger partial charge in [-0.25, -0.2) is 0 Å². The Morgan fingerprint density at radius 1 is 1.15 bits per heavy atom. The van der Waals surface area contributed by atoms with E-state index in [1.54, 1.807) is 4.68 Å². The van der Waals surface area contributed by atoms with Crippen molar-refractivity contribution in [2.75, 3.05) is 13.2 Å². The second kappa shape index (κ2) is 10.3. The summed E-state index contributed by atoms with van der Waals surface area (Å²) in [6, 6.07) is 11.3. The van der Waals surface area contributed by atoms with Crippen molar-refractivity contribution >= 4 is 11.8 Å². The van der Waals surface area contributed by atoms with Crippen LogP contribution in [0.2, 0.25) is 0 Å². The summed E-state index contributed by atoms with van der Waals surface area (Å²) >= 11 is 0. The Morgan fingerprint density at radius 3 is 2.73 bits per heavy atom. The molecule has 1 aromatic carbocycles. The number of nitrogens with one attached hydrogen (secondary N) is 1. The monoisotopic (exact) mass is 447 g/mol. The van der Waals surface area contributed by atoms with Gasteiger partial charge in [0.25, 0.3) is 0 Å². The third-order valence-corrected chi connectivity index (χ3v) is 5.82. The molecule has 172 valence electrons. The number of hydrogen-bond acceptors (Lipinski definition) is 5. The Morgan fingerprint density at radius 2 is 1.97 bits per heavy atom. The lowest BCUT2D eigenvalue weighted by atomic mass is 9.95. The van der Waals surface area contributed by atoms with Gasteiger partial charge in [0.2, 0.25) is 11.8 Å². The summed E-state index contributed by atoms with van der Waals surface area (Å²) in [4.78, 5) is 31.4. The van der Waals surface area contributed by atoms with Crippen LogP contribution in [0.1, 0.15) is 34.5 Å². The van der Waals surface area contributed by atoms with Gasteiger partial charge in [0.05, 0.1) is 18.7 Å². The lowest BCUT2D eigenvalue weighted by molar-refractivity contribution is -0.133. The van der Waals surface area contributed by atoms with Crippen LogP contribution in [0.5, 0.6) is 5.75 Å². The number of aromatic nitrogens is 3. The molecule has 0 saturated heterocycles. The lowest BCUT2D eigenvalue weighted by Gasteiger charge is -2.30. The molecule has 4 rings (SSSR count). The fourth-order valence-electron chi connectivity index (χ4n) is 4.01. The molecule has 33 heavy (non-hydrogen) atoms. The number of carbonyl (C=O) groups excluding carboxylic acids is 2. The number of pyridine rings is 1. The molecule has 0 fully saturated rings. The highest BCUT2D eigenvalue weighted by Gasteiger charge is 2.24. The van der Waals surface area contributed by atoms with E-state index in [4.69, 9.17) is 4.74 Å². The van der Waals surface area contributed by atoms with Crippen molar-refractivity contribution in [1.29, 1.82) is 0 Å². The number of rotatable bonds is 8. The smallest absolute Gasteiger partial charge is 0.244 e. The first-order valence-electron chi connectivity index (χ1n) is 11.2. The Kier molecular flexibility index (Phi) is 7.02. The van der Waals surface area contributed by atoms with E-state index in [1.807, 2.05) is 67.5 Å². The molecule has 8 nitrogen and oxygen atoms in total. The van der Waals surface area contributed by atoms with Crippen molar-refractivity contribution in [3.63, 3.8) is 0 Å². The summed E-state index contributed by atoms with van der Waals surface area (Å²) in [5.41, 5.74) is 5.06. The van der Waals surface area contributed by atoms with Crippen LogP contribution in [-0.2, 0) is 35.6 Å². The van der Waals surface area contributed by atoms with E-state index in [1.165, 1.54) is 5.56 Å². The SMILES string of the molecule is Cc1ccn(CC(=O)N2CCc3c(cnc(C)c3CNC(=O)CCOc3ccccc3)C2)n1. The van der Waals surface area contributed by atoms with Gasteiger partial charge in [0, 0.05) is 37.7 Å². The maximum absolute atomic E-state index is 12.7. The van der Waals surface area contributed by atoms with Gasteiger partial charge < -0.3 is 15.0 Å². The quantitative estimate of drug-likeness (QED) is 0.573. The van der Waals surface area contributed by atoms with Gasteiger partial charge >= 0.3 is 0 Å². The van der Waals surface area contributed by atoms with Gasteiger partial charge in [-0.3, -0.25) is 19.3 Å². The number of benzene rings is 1. The summed E-state index contributed by atoms with van der Waals surface area (Å²) in [6.45, 7) is 6.01. The van der Waals surface area contributed by atoms with E-state index in [0.717, 1.165) is 34.7 Å². The molecule has 1 aliphatic heterocycles. The number of aryl methyl sites for hydroxylation is 2. The van der Waals surface area contributed by atoms with Gasteiger partial charge in [-0.1, -0.05) is 18.2 Å². The maximum Gasteiger partial charge on any atom is 0.244 e. The van der Waals surface area contributed by atoms with E-state index >= 15 is 0 Å². The molecule has 0 radical (unpaired) electrons. The number of para-hydroxylation sites is 1. The zero-order valence-corrected chi connectivity index (χ0v) is 19.1. The number of amides is 2. The highest BCUT2D eigenvalue weighted by atomic mass is 16.5. The molecule has 3 heterocycles. The van der Waals surface area contributed by atoms with Gasteiger partial charge in [0.15, 0.2) is 0 Å². The molecule has 0 atom stereocenters. The minimum absolute atomic E-state index is 0.0394. The van der Waals surface area contributed by atoms with Crippen LogP contribution in [0.3, 0.4) is 0 Å². The molecule has 0 aliphatic carbocycles. The van der Waals surface area contributed by atoms with Crippen molar-refractivity contribution in [1.82, 2.24) is 25.0 Å². The Labute approximate surface area is 193 Å². The summed E-state index contributed by atoms with van der Waals surface area (Å²) in [5.74, 6) is 0.729. The predicted molar refractivity (Wildman–Crippen MR) is 123 cm³/mol. The largest absolute Gasteiger partial charge is 0.493 e. The highest BCUT2D eigenvalue weighted by Crippen LogP contribution is 2.24. The number of ether oxygens (including phenoxy) is 1. The lowest BCUT2D eigenvalue weighted by Crippen LogP contribution is -2.39. The second-order valence-electron chi connectivity index (χ2n) is 8.23. The fourth-order valence-corrected chi connectivity index (χ4v) is 4.01.